The van der Waals surface area contributed by atoms with Gasteiger partial charge in [0.1, 0.15) is 6.23 Å². The van der Waals surface area contributed by atoms with E-state index in [4.69, 9.17) is 18.9 Å². The van der Waals surface area contributed by atoms with Crippen molar-refractivity contribution in [2.75, 3.05) is 11.9 Å². The Bertz CT molecular complexity index is 1280. The maximum absolute atomic E-state index is 13.1. The molecule has 0 spiro atoms. The number of nitrogens with zero attached hydrogens (tertiary/aromatic N) is 1. The lowest BCUT2D eigenvalue weighted by Gasteiger charge is -2.29. The number of amides is 1. The number of esters is 4. The van der Waals surface area contributed by atoms with E-state index in [1.54, 1.807) is 11.0 Å². The van der Waals surface area contributed by atoms with Crippen molar-refractivity contribution in [2.45, 2.75) is 59.2 Å². The number of anilines is 1. The Morgan fingerprint density at radius 1 is 0.821 bits per heavy atom. The lowest BCUT2D eigenvalue weighted by Crippen LogP contribution is -2.46. The van der Waals surface area contributed by atoms with Gasteiger partial charge in [-0.3, -0.25) is 28.9 Å². The molecule has 208 valence electrons. The van der Waals surface area contributed by atoms with Crippen molar-refractivity contribution in [1.82, 2.24) is 4.90 Å². The first-order valence-corrected chi connectivity index (χ1v) is 12.2. The van der Waals surface area contributed by atoms with Crippen LogP contribution in [0.5, 0.6) is 23.0 Å². The molecular formula is C27H30N2O10. The Balaban J connectivity index is 1.73. The highest BCUT2D eigenvalue weighted by Gasteiger charge is 2.35. The molecule has 3 rings (SSSR count). The Kier molecular flexibility index (Phi) is 9.74. The molecule has 12 heteroatoms. The highest BCUT2D eigenvalue weighted by molar-refractivity contribution is 5.95. The van der Waals surface area contributed by atoms with Crippen molar-refractivity contribution in [3.8, 4) is 23.0 Å². The van der Waals surface area contributed by atoms with Gasteiger partial charge in [-0.1, -0.05) is 6.07 Å². The largest absolute Gasteiger partial charge is 0.423 e. The summed E-state index contributed by atoms with van der Waals surface area (Å²) in [6.45, 7) is 5.30. The van der Waals surface area contributed by atoms with Crippen molar-refractivity contribution in [3.63, 3.8) is 0 Å². The lowest BCUT2D eigenvalue weighted by molar-refractivity contribution is -0.134. The van der Waals surface area contributed by atoms with Gasteiger partial charge in [-0.2, -0.15) is 0 Å². The minimum atomic E-state index is -1.05. The van der Waals surface area contributed by atoms with Crippen LogP contribution < -0.4 is 24.3 Å². The summed E-state index contributed by atoms with van der Waals surface area (Å²) in [5.41, 5.74) is 0.897. The summed E-state index contributed by atoms with van der Waals surface area (Å²) in [6.07, 6.45) is 0.223. The van der Waals surface area contributed by atoms with Crippen LogP contribution in [-0.4, -0.2) is 58.6 Å². The first-order valence-electron chi connectivity index (χ1n) is 12.2. The smallest absolute Gasteiger partial charge is 0.308 e. The van der Waals surface area contributed by atoms with Crippen LogP contribution in [0.1, 0.15) is 46.1 Å². The number of rotatable bonds is 9. The minimum Gasteiger partial charge on any atom is -0.423 e. The van der Waals surface area contributed by atoms with E-state index in [2.05, 4.69) is 5.32 Å². The molecular weight excluding hydrogens is 512 g/mol. The van der Waals surface area contributed by atoms with Gasteiger partial charge in [-0.15, -0.1) is 0 Å². The van der Waals surface area contributed by atoms with E-state index >= 15 is 0 Å². The second-order valence-corrected chi connectivity index (χ2v) is 8.89. The maximum Gasteiger partial charge on any atom is 0.308 e. The van der Waals surface area contributed by atoms with Crippen LogP contribution in [0.15, 0.2) is 36.4 Å². The molecule has 0 radical (unpaired) electrons. The number of aliphatic hydroxyl groups is 1. The van der Waals surface area contributed by atoms with E-state index < -0.39 is 36.1 Å². The molecule has 2 unspecified atom stereocenters. The van der Waals surface area contributed by atoms with Crippen LogP contribution in [-0.2, 0) is 30.4 Å². The molecule has 1 heterocycles. The van der Waals surface area contributed by atoms with E-state index in [9.17, 15) is 29.1 Å². The van der Waals surface area contributed by atoms with Crippen molar-refractivity contribution in [3.05, 3.63) is 42.0 Å². The number of nitrogens with one attached hydrogen (secondary N) is 1. The fourth-order valence-corrected chi connectivity index (χ4v) is 4.19. The summed E-state index contributed by atoms with van der Waals surface area (Å²) in [4.78, 5) is 60.4. The Morgan fingerprint density at radius 2 is 1.33 bits per heavy atom. The van der Waals surface area contributed by atoms with Gasteiger partial charge in [0.05, 0.1) is 6.04 Å². The van der Waals surface area contributed by atoms with Crippen LogP contribution in [0.3, 0.4) is 0 Å². The number of aliphatic hydroxyl groups excluding tert-OH is 1. The average molecular weight is 543 g/mol. The zero-order valence-electron chi connectivity index (χ0n) is 22.0. The first-order chi connectivity index (χ1) is 18.4. The first kappa shape index (κ1) is 29.3. The molecule has 2 atom stereocenters. The zero-order valence-corrected chi connectivity index (χ0v) is 22.0. The Hall–Kier alpha value is -4.29. The van der Waals surface area contributed by atoms with E-state index in [0.29, 0.717) is 30.6 Å². The van der Waals surface area contributed by atoms with Gasteiger partial charge in [0, 0.05) is 52.4 Å². The van der Waals surface area contributed by atoms with Crippen LogP contribution in [0.2, 0.25) is 0 Å². The van der Waals surface area contributed by atoms with Gasteiger partial charge in [0.2, 0.25) is 5.91 Å². The number of carbonyl (C=O) groups excluding carboxylic acids is 5. The molecule has 1 amide bonds. The summed E-state index contributed by atoms with van der Waals surface area (Å²) in [7, 11) is 0. The van der Waals surface area contributed by atoms with Crippen LogP contribution >= 0.6 is 0 Å². The predicted octanol–water partition coefficient (Wildman–Crippen LogP) is 2.35. The van der Waals surface area contributed by atoms with Crippen molar-refractivity contribution >= 4 is 35.5 Å². The molecule has 0 aliphatic carbocycles. The van der Waals surface area contributed by atoms with E-state index in [1.807, 2.05) is 0 Å². The molecule has 0 bridgehead atoms. The number of likely N-dealkylation sites (tertiary alicyclic amines) is 1. The SMILES string of the molecule is CC(=O)Oc1ccc(CC(O)N2CCCC2C(=O)Nc2ccc(OC(C)=O)c(OC(C)=O)c2)cc1OC(C)=O. The van der Waals surface area contributed by atoms with Crippen molar-refractivity contribution < 1.29 is 48.0 Å². The molecule has 1 saturated heterocycles. The van der Waals surface area contributed by atoms with Gasteiger partial charge in [-0.25, -0.2) is 0 Å². The average Bonchev–Trinajstić information content (AvgIpc) is 3.32. The minimum absolute atomic E-state index is 0.0282. The Labute approximate surface area is 224 Å². The molecule has 39 heavy (non-hydrogen) atoms. The fraction of sp³-hybridized carbons (Fsp3) is 0.370. The zero-order chi connectivity index (χ0) is 28.7. The van der Waals surface area contributed by atoms with Gasteiger partial charge in [0.25, 0.3) is 0 Å². The maximum atomic E-state index is 13.1. The summed E-state index contributed by atoms with van der Waals surface area (Å²) >= 11 is 0. The topological polar surface area (TPSA) is 158 Å². The quantitative estimate of drug-likeness (QED) is 0.354. The van der Waals surface area contributed by atoms with E-state index in [-0.39, 0.29) is 35.3 Å². The lowest BCUT2D eigenvalue weighted by atomic mass is 10.1. The number of hydrogen-bond acceptors (Lipinski definition) is 11. The molecule has 0 aromatic heterocycles. The van der Waals surface area contributed by atoms with Crippen LogP contribution in [0, 0.1) is 0 Å². The number of benzene rings is 2. The number of ether oxygens (including phenoxy) is 4. The third-order valence-electron chi connectivity index (χ3n) is 5.63. The summed E-state index contributed by atoms with van der Waals surface area (Å²) in [6, 6.07) is 8.20. The molecule has 2 aromatic carbocycles. The Morgan fingerprint density at radius 3 is 1.90 bits per heavy atom. The molecule has 0 saturated carbocycles. The third kappa shape index (κ3) is 8.35. The monoisotopic (exact) mass is 542 g/mol. The van der Waals surface area contributed by atoms with Crippen LogP contribution in [0.25, 0.3) is 0 Å². The van der Waals surface area contributed by atoms with Gasteiger partial charge < -0.3 is 29.4 Å². The second kappa shape index (κ2) is 13.0. The molecule has 1 fully saturated rings. The number of hydrogen-bond donors (Lipinski definition) is 2. The standard InChI is InChI=1S/C27H30N2O10/c1-15(30)36-22-9-7-19(12-24(22)38-17(3)32)13-26(34)29-11-5-6-21(29)27(35)28-20-8-10-23(37-16(2)31)25(14-20)39-18(4)33/h7-10,12,14,21,26,34H,5-6,11,13H2,1-4H3,(H,28,35). The molecule has 2 aromatic rings. The van der Waals surface area contributed by atoms with Gasteiger partial charge >= 0.3 is 23.9 Å². The molecule has 2 N–H and O–H groups in total. The fourth-order valence-electron chi connectivity index (χ4n) is 4.19. The molecule has 1 aliphatic heterocycles. The van der Waals surface area contributed by atoms with E-state index in [1.165, 1.54) is 58.0 Å². The predicted molar refractivity (Wildman–Crippen MR) is 136 cm³/mol. The van der Waals surface area contributed by atoms with Gasteiger partial charge in [0.15, 0.2) is 23.0 Å². The normalized spacial score (nSPS) is 15.7. The van der Waals surface area contributed by atoms with Crippen LogP contribution in [0.4, 0.5) is 5.69 Å². The third-order valence-corrected chi connectivity index (χ3v) is 5.63. The second-order valence-electron chi connectivity index (χ2n) is 8.89. The van der Waals surface area contributed by atoms with Crippen molar-refractivity contribution in [2.24, 2.45) is 0 Å². The number of carbonyl (C=O) groups is 5. The summed E-state index contributed by atoms with van der Waals surface area (Å²) < 4.78 is 20.4. The highest BCUT2D eigenvalue weighted by Crippen LogP contribution is 2.33. The van der Waals surface area contributed by atoms with E-state index in [0.717, 1.165) is 0 Å². The highest BCUT2D eigenvalue weighted by atomic mass is 16.6. The molecule has 1 aliphatic rings. The van der Waals surface area contributed by atoms with Crippen molar-refractivity contribution in [1.29, 1.82) is 0 Å². The van der Waals surface area contributed by atoms with Gasteiger partial charge in [-0.05, 0) is 42.7 Å². The summed E-state index contributed by atoms with van der Waals surface area (Å²) in [5, 5.41) is 13.7. The summed E-state index contributed by atoms with van der Waals surface area (Å²) in [5.74, 6) is -2.68. The molecule has 12 nitrogen and oxygen atoms in total.